The van der Waals surface area contributed by atoms with Crippen LogP contribution in [0.1, 0.15) is 63.9 Å². The number of aromatic nitrogens is 2. The molecule has 0 aromatic carbocycles. The van der Waals surface area contributed by atoms with Gasteiger partial charge in [-0.05, 0) is 56.9 Å². The minimum absolute atomic E-state index is 0.0723. The van der Waals surface area contributed by atoms with Crippen LogP contribution in [0.5, 0.6) is 0 Å². The molecule has 10 heteroatoms. The quantitative estimate of drug-likeness (QED) is 0.671. The van der Waals surface area contributed by atoms with Crippen LogP contribution < -0.4 is 10.6 Å². The van der Waals surface area contributed by atoms with Crippen LogP contribution in [0.3, 0.4) is 0 Å². The molecule has 1 amide bonds. The average Bonchev–Trinajstić information content (AvgIpc) is 3.16. The number of piperidine rings is 1. The highest BCUT2D eigenvalue weighted by molar-refractivity contribution is 7.88. The van der Waals surface area contributed by atoms with Gasteiger partial charge in [0, 0.05) is 37.6 Å². The Morgan fingerprint density at radius 2 is 1.90 bits per heavy atom. The Labute approximate surface area is 179 Å². The summed E-state index contributed by atoms with van der Waals surface area (Å²) in [4.78, 5) is 20.8. The minimum atomic E-state index is -3.12. The molecule has 3 rings (SSSR count). The van der Waals surface area contributed by atoms with E-state index in [0.29, 0.717) is 25.0 Å². The monoisotopic (exact) mass is 439 g/mol. The predicted molar refractivity (Wildman–Crippen MR) is 115 cm³/mol. The molecule has 1 aromatic rings. The van der Waals surface area contributed by atoms with Crippen molar-refractivity contribution in [1.29, 1.82) is 0 Å². The number of nitrogens with one attached hydrogen (secondary N) is 2. The van der Waals surface area contributed by atoms with Gasteiger partial charge in [0.05, 0.1) is 6.26 Å². The lowest BCUT2D eigenvalue weighted by molar-refractivity contribution is 0.0975. The second-order valence-electron chi connectivity index (χ2n) is 8.41. The summed E-state index contributed by atoms with van der Waals surface area (Å²) in [7, 11) is -3.12. The number of carbonyl (C=O) groups excluding carboxylic acids is 1. The highest BCUT2D eigenvalue weighted by atomic mass is 32.2. The SMILES string of the molecule is CC[C@H](C)NC(=O)O[C@H]1CC[C@@H](c2cnc(NC3CCN(S(C)(=O)=O)CC3)nc2)C1. The summed E-state index contributed by atoms with van der Waals surface area (Å²) in [5.41, 5.74) is 1.06. The molecule has 2 aliphatic rings. The molecule has 1 saturated carbocycles. The molecule has 1 aliphatic heterocycles. The molecule has 168 valence electrons. The van der Waals surface area contributed by atoms with Crippen LogP contribution in [0.25, 0.3) is 0 Å². The summed E-state index contributed by atoms with van der Waals surface area (Å²) in [5.74, 6) is 0.855. The fourth-order valence-corrected chi connectivity index (χ4v) is 4.85. The van der Waals surface area contributed by atoms with Crippen molar-refractivity contribution in [2.75, 3.05) is 24.7 Å². The van der Waals surface area contributed by atoms with Crippen molar-refractivity contribution >= 4 is 22.1 Å². The number of rotatable bonds is 7. The zero-order valence-corrected chi connectivity index (χ0v) is 18.8. The summed E-state index contributed by atoms with van der Waals surface area (Å²) in [6.45, 7) is 5.01. The van der Waals surface area contributed by atoms with Gasteiger partial charge in [0.2, 0.25) is 16.0 Å². The Bertz CT molecular complexity index is 809. The topological polar surface area (TPSA) is 114 Å². The second kappa shape index (κ2) is 9.91. The van der Waals surface area contributed by atoms with E-state index in [2.05, 4.69) is 20.6 Å². The number of amides is 1. The van der Waals surface area contributed by atoms with Crippen LogP contribution in [-0.4, -0.2) is 66.3 Å². The Balaban J connectivity index is 1.45. The largest absolute Gasteiger partial charge is 0.446 e. The minimum Gasteiger partial charge on any atom is -0.446 e. The van der Waals surface area contributed by atoms with Gasteiger partial charge in [-0.3, -0.25) is 0 Å². The summed E-state index contributed by atoms with van der Waals surface area (Å²) in [5, 5.41) is 6.15. The number of ether oxygens (including phenoxy) is 1. The Kier molecular flexibility index (Phi) is 7.51. The van der Waals surface area contributed by atoms with Crippen LogP contribution in [-0.2, 0) is 14.8 Å². The second-order valence-corrected chi connectivity index (χ2v) is 10.4. The lowest BCUT2D eigenvalue weighted by atomic mass is 10.0. The molecule has 1 aromatic heterocycles. The standard InChI is InChI=1S/C20H33N5O4S/c1-4-14(2)23-20(26)29-18-6-5-15(11-18)16-12-21-19(22-13-16)24-17-7-9-25(10-8-17)30(3,27)28/h12-15,17-18H,4-11H2,1-3H3,(H,23,26)(H,21,22,24)/t14-,15+,18-/m0/s1. The molecule has 1 aliphatic carbocycles. The summed E-state index contributed by atoms with van der Waals surface area (Å²) < 4.78 is 30.3. The van der Waals surface area contributed by atoms with E-state index in [1.807, 2.05) is 26.2 Å². The molecule has 1 saturated heterocycles. The molecule has 0 radical (unpaired) electrons. The fourth-order valence-electron chi connectivity index (χ4n) is 3.98. The molecule has 2 N–H and O–H groups in total. The molecular weight excluding hydrogens is 406 g/mol. The summed E-state index contributed by atoms with van der Waals surface area (Å²) >= 11 is 0. The van der Waals surface area contributed by atoms with Crippen LogP contribution in [0.15, 0.2) is 12.4 Å². The molecule has 3 atom stereocenters. The van der Waals surface area contributed by atoms with Crippen LogP contribution in [0.4, 0.5) is 10.7 Å². The highest BCUT2D eigenvalue weighted by Crippen LogP contribution is 2.35. The Morgan fingerprint density at radius 3 is 2.50 bits per heavy atom. The van der Waals surface area contributed by atoms with Crippen molar-refractivity contribution < 1.29 is 17.9 Å². The van der Waals surface area contributed by atoms with Crippen molar-refractivity contribution in [2.24, 2.45) is 0 Å². The van der Waals surface area contributed by atoms with Crippen LogP contribution in [0.2, 0.25) is 0 Å². The van der Waals surface area contributed by atoms with E-state index >= 15 is 0 Å². The zero-order valence-electron chi connectivity index (χ0n) is 18.0. The fraction of sp³-hybridized carbons (Fsp3) is 0.750. The predicted octanol–water partition coefficient (Wildman–Crippen LogP) is 2.47. The molecular formula is C20H33N5O4S. The molecule has 0 unspecified atom stereocenters. The van der Waals surface area contributed by atoms with Gasteiger partial charge in [-0.15, -0.1) is 0 Å². The molecule has 9 nitrogen and oxygen atoms in total. The number of sulfonamides is 1. The van der Waals surface area contributed by atoms with Crippen molar-refractivity contribution in [3.05, 3.63) is 18.0 Å². The average molecular weight is 440 g/mol. The normalized spacial score (nSPS) is 24.4. The summed E-state index contributed by atoms with van der Waals surface area (Å²) in [6, 6.07) is 0.281. The van der Waals surface area contributed by atoms with Gasteiger partial charge in [-0.2, -0.15) is 0 Å². The van der Waals surface area contributed by atoms with E-state index in [9.17, 15) is 13.2 Å². The van der Waals surface area contributed by atoms with Gasteiger partial charge in [0.1, 0.15) is 6.10 Å². The van der Waals surface area contributed by atoms with Crippen molar-refractivity contribution in [3.8, 4) is 0 Å². The van der Waals surface area contributed by atoms with Gasteiger partial charge < -0.3 is 15.4 Å². The molecule has 2 heterocycles. The Morgan fingerprint density at radius 1 is 1.23 bits per heavy atom. The maximum absolute atomic E-state index is 11.9. The van der Waals surface area contributed by atoms with E-state index in [-0.39, 0.29) is 24.3 Å². The first-order valence-corrected chi connectivity index (χ1v) is 12.6. The third kappa shape index (κ3) is 6.28. The lowest BCUT2D eigenvalue weighted by Gasteiger charge is -2.30. The van der Waals surface area contributed by atoms with Gasteiger partial charge in [-0.25, -0.2) is 27.5 Å². The third-order valence-corrected chi connectivity index (χ3v) is 7.34. The zero-order chi connectivity index (χ0) is 21.7. The van der Waals surface area contributed by atoms with Crippen molar-refractivity contribution in [1.82, 2.24) is 19.6 Å². The number of carbonyl (C=O) groups is 1. The number of hydrogen-bond acceptors (Lipinski definition) is 7. The van der Waals surface area contributed by atoms with Crippen LogP contribution >= 0.6 is 0 Å². The number of anilines is 1. The maximum atomic E-state index is 11.9. The smallest absolute Gasteiger partial charge is 0.407 e. The van der Waals surface area contributed by atoms with E-state index in [1.54, 1.807) is 0 Å². The van der Waals surface area contributed by atoms with E-state index in [0.717, 1.165) is 44.1 Å². The van der Waals surface area contributed by atoms with Gasteiger partial charge >= 0.3 is 6.09 Å². The summed E-state index contributed by atoms with van der Waals surface area (Å²) in [6.07, 6.45) is 9.44. The highest BCUT2D eigenvalue weighted by Gasteiger charge is 2.30. The van der Waals surface area contributed by atoms with Gasteiger partial charge in [-0.1, -0.05) is 6.92 Å². The maximum Gasteiger partial charge on any atom is 0.407 e. The lowest BCUT2D eigenvalue weighted by Crippen LogP contribution is -2.42. The molecule has 2 fully saturated rings. The first-order valence-electron chi connectivity index (χ1n) is 10.7. The molecule has 30 heavy (non-hydrogen) atoms. The number of hydrogen-bond donors (Lipinski definition) is 2. The van der Waals surface area contributed by atoms with E-state index in [1.165, 1.54) is 10.6 Å². The number of nitrogens with zero attached hydrogens (tertiary/aromatic N) is 3. The first kappa shape index (κ1) is 22.7. The van der Waals surface area contributed by atoms with Crippen molar-refractivity contribution in [3.63, 3.8) is 0 Å². The van der Waals surface area contributed by atoms with Gasteiger partial charge in [0.15, 0.2) is 0 Å². The number of alkyl carbamates (subject to hydrolysis) is 1. The van der Waals surface area contributed by atoms with E-state index in [4.69, 9.17) is 4.74 Å². The Hall–Kier alpha value is -1.94. The van der Waals surface area contributed by atoms with E-state index < -0.39 is 10.0 Å². The third-order valence-electron chi connectivity index (χ3n) is 6.03. The van der Waals surface area contributed by atoms with Crippen LogP contribution in [0, 0.1) is 0 Å². The van der Waals surface area contributed by atoms with Crippen molar-refractivity contribution in [2.45, 2.75) is 76.5 Å². The molecule has 0 bridgehead atoms. The molecule has 0 spiro atoms. The first-order chi connectivity index (χ1) is 14.2. The van der Waals surface area contributed by atoms with Gasteiger partial charge in [0.25, 0.3) is 0 Å².